The molecular weight excluding hydrogens is 348 g/mol. The number of piperidine rings is 1. The molecule has 5 heteroatoms. The van der Waals surface area contributed by atoms with E-state index in [0.717, 1.165) is 25.0 Å². The number of nitrogens with one attached hydrogen (secondary N) is 2. The zero-order valence-electron chi connectivity index (χ0n) is 18.4. The topological polar surface area (TPSA) is 48.9 Å². The summed E-state index contributed by atoms with van der Waals surface area (Å²) >= 11 is 0. The van der Waals surface area contributed by atoms with E-state index in [4.69, 9.17) is 9.73 Å². The van der Waals surface area contributed by atoms with Gasteiger partial charge in [-0.15, -0.1) is 0 Å². The fraction of sp³-hybridized carbons (Fsp3) is 0.957. The molecule has 4 rings (SSSR count). The molecule has 2 N–H and O–H groups in total. The first-order valence-corrected chi connectivity index (χ1v) is 12.0. The van der Waals surface area contributed by atoms with Gasteiger partial charge in [-0.2, -0.15) is 0 Å². The molecule has 4 aliphatic rings. The second-order valence-corrected chi connectivity index (χ2v) is 10.2. The van der Waals surface area contributed by atoms with Crippen LogP contribution in [0, 0.1) is 17.3 Å². The Morgan fingerprint density at radius 1 is 1.04 bits per heavy atom. The number of hydrogen-bond donors (Lipinski definition) is 2. The molecule has 2 heterocycles. The number of rotatable bonds is 5. The molecule has 0 bridgehead atoms. The van der Waals surface area contributed by atoms with Crippen LogP contribution in [0.25, 0.3) is 0 Å². The Morgan fingerprint density at radius 2 is 1.79 bits per heavy atom. The summed E-state index contributed by atoms with van der Waals surface area (Å²) < 4.78 is 5.96. The summed E-state index contributed by atoms with van der Waals surface area (Å²) in [5, 5.41) is 7.55. The summed E-state index contributed by atoms with van der Waals surface area (Å²) in [5.41, 5.74) is 0.195. The molecule has 3 unspecified atom stereocenters. The third kappa shape index (κ3) is 4.35. The van der Waals surface area contributed by atoms with E-state index in [1.165, 1.54) is 71.0 Å². The van der Waals surface area contributed by atoms with Crippen molar-refractivity contribution in [1.82, 2.24) is 15.5 Å². The highest BCUT2D eigenvalue weighted by molar-refractivity contribution is 5.80. The molecule has 2 saturated heterocycles. The van der Waals surface area contributed by atoms with Crippen molar-refractivity contribution >= 4 is 5.96 Å². The molecule has 3 atom stereocenters. The highest BCUT2D eigenvalue weighted by Crippen LogP contribution is 2.52. The van der Waals surface area contributed by atoms with Crippen LogP contribution in [-0.2, 0) is 4.74 Å². The van der Waals surface area contributed by atoms with Crippen LogP contribution in [0.5, 0.6) is 0 Å². The van der Waals surface area contributed by atoms with Gasteiger partial charge in [0.2, 0.25) is 0 Å². The average Bonchev–Trinajstić information content (AvgIpc) is 3.16. The first-order valence-electron chi connectivity index (χ1n) is 12.0. The third-order valence-electron chi connectivity index (χ3n) is 7.88. The molecule has 2 aliphatic carbocycles. The number of guanidine groups is 1. The van der Waals surface area contributed by atoms with Crippen LogP contribution >= 0.6 is 0 Å². The van der Waals surface area contributed by atoms with Crippen molar-refractivity contribution in [3.63, 3.8) is 0 Å². The minimum absolute atomic E-state index is 0.195. The van der Waals surface area contributed by atoms with E-state index in [-0.39, 0.29) is 5.41 Å². The molecule has 4 fully saturated rings. The highest BCUT2D eigenvalue weighted by Gasteiger charge is 2.59. The monoisotopic (exact) mass is 390 g/mol. The van der Waals surface area contributed by atoms with E-state index in [9.17, 15) is 0 Å². The zero-order valence-corrected chi connectivity index (χ0v) is 18.4. The predicted molar refractivity (Wildman–Crippen MR) is 116 cm³/mol. The Bertz CT molecular complexity index is 535. The van der Waals surface area contributed by atoms with Crippen molar-refractivity contribution < 1.29 is 4.74 Å². The highest BCUT2D eigenvalue weighted by atomic mass is 16.5. The van der Waals surface area contributed by atoms with E-state index in [1.54, 1.807) is 0 Å². The zero-order chi connectivity index (χ0) is 19.6. The van der Waals surface area contributed by atoms with Crippen LogP contribution < -0.4 is 10.6 Å². The van der Waals surface area contributed by atoms with Gasteiger partial charge >= 0.3 is 0 Å². The summed E-state index contributed by atoms with van der Waals surface area (Å²) in [7, 11) is 0. The van der Waals surface area contributed by atoms with E-state index in [0.29, 0.717) is 24.1 Å². The molecule has 0 radical (unpaired) electrons. The van der Waals surface area contributed by atoms with Crippen LogP contribution in [-0.4, -0.2) is 61.8 Å². The summed E-state index contributed by atoms with van der Waals surface area (Å²) in [6.45, 7) is 12.4. The lowest BCUT2D eigenvalue weighted by molar-refractivity contribution is -0.106. The third-order valence-corrected chi connectivity index (χ3v) is 7.88. The molecule has 2 aliphatic heterocycles. The molecule has 0 amide bonds. The SMILES string of the molecule is CCN=C(NC1CCN(CC2CCCCC2)CC1)NC1C2CCOC2C1(C)C. The van der Waals surface area contributed by atoms with Crippen molar-refractivity contribution in [3.8, 4) is 0 Å². The average molecular weight is 391 g/mol. The summed E-state index contributed by atoms with van der Waals surface area (Å²) in [4.78, 5) is 7.49. The molecule has 28 heavy (non-hydrogen) atoms. The van der Waals surface area contributed by atoms with Gasteiger partial charge in [0.15, 0.2) is 5.96 Å². The Hall–Kier alpha value is -0.810. The van der Waals surface area contributed by atoms with E-state index >= 15 is 0 Å². The molecule has 0 aromatic heterocycles. The van der Waals surface area contributed by atoms with Crippen LogP contribution in [0.2, 0.25) is 0 Å². The van der Waals surface area contributed by atoms with Gasteiger partial charge in [0, 0.05) is 56.2 Å². The molecule has 5 nitrogen and oxygen atoms in total. The van der Waals surface area contributed by atoms with Crippen LogP contribution in [0.4, 0.5) is 0 Å². The quantitative estimate of drug-likeness (QED) is 0.558. The fourth-order valence-corrected chi connectivity index (χ4v) is 6.24. The maximum Gasteiger partial charge on any atom is 0.191 e. The first-order chi connectivity index (χ1) is 13.6. The van der Waals surface area contributed by atoms with Gasteiger partial charge < -0.3 is 20.3 Å². The Morgan fingerprint density at radius 3 is 2.50 bits per heavy atom. The Kier molecular flexibility index (Phi) is 6.51. The van der Waals surface area contributed by atoms with Crippen LogP contribution in [0.3, 0.4) is 0 Å². The number of nitrogens with zero attached hydrogens (tertiary/aromatic N) is 2. The van der Waals surface area contributed by atoms with E-state index in [2.05, 4.69) is 36.3 Å². The molecule has 0 spiro atoms. The molecule has 0 aromatic rings. The lowest BCUT2D eigenvalue weighted by Gasteiger charge is -2.55. The summed E-state index contributed by atoms with van der Waals surface area (Å²) in [5.74, 6) is 2.63. The molecule has 160 valence electrons. The molecular formula is C23H42N4O. The first kappa shape index (κ1) is 20.5. The van der Waals surface area contributed by atoms with Crippen LogP contribution in [0.15, 0.2) is 4.99 Å². The van der Waals surface area contributed by atoms with Crippen molar-refractivity contribution in [2.75, 3.05) is 32.8 Å². The lowest BCUT2D eigenvalue weighted by Crippen LogP contribution is -2.68. The van der Waals surface area contributed by atoms with Crippen molar-refractivity contribution in [2.45, 2.75) is 90.3 Å². The number of fused-ring (bicyclic) bond motifs is 1. The van der Waals surface area contributed by atoms with Gasteiger partial charge in [0.25, 0.3) is 0 Å². The normalized spacial score (nSPS) is 34.7. The van der Waals surface area contributed by atoms with Gasteiger partial charge in [0.1, 0.15) is 0 Å². The molecule has 0 aromatic carbocycles. The van der Waals surface area contributed by atoms with Gasteiger partial charge in [-0.25, -0.2) is 0 Å². The van der Waals surface area contributed by atoms with E-state index < -0.39 is 0 Å². The second kappa shape index (κ2) is 8.91. The van der Waals surface area contributed by atoms with Gasteiger partial charge in [-0.1, -0.05) is 33.1 Å². The molecule has 2 saturated carbocycles. The predicted octanol–water partition coefficient (Wildman–Crippen LogP) is 3.40. The summed E-state index contributed by atoms with van der Waals surface area (Å²) in [6.07, 6.45) is 11.4. The minimum Gasteiger partial charge on any atom is -0.377 e. The number of aliphatic imine (C=N–C) groups is 1. The minimum atomic E-state index is 0.195. The van der Waals surface area contributed by atoms with Gasteiger partial charge in [-0.3, -0.25) is 4.99 Å². The second-order valence-electron chi connectivity index (χ2n) is 10.2. The number of ether oxygens (including phenoxy) is 1. The number of likely N-dealkylation sites (tertiary alicyclic amines) is 1. The summed E-state index contributed by atoms with van der Waals surface area (Å²) in [6, 6.07) is 1.03. The van der Waals surface area contributed by atoms with Crippen molar-refractivity contribution in [1.29, 1.82) is 0 Å². The maximum absolute atomic E-state index is 5.96. The smallest absolute Gasteiger partial charge is 0.191 e. The number of hydrogen-bond acceptors (Lipinski definition) is 3. The van der Waals surface area contributed by atoms with Crippen molar-refractivity contribution in [3.05, 3.63) is 0 Å². The Balaban J connectivity index is 1.25. The fourth-order valence-electron chi connectivity index (χ4n) is 6.24. The van der Waals surface area contributed by atoms with E-state index in [1.807, 2.05) is 0 Å². The van der Waals surface area contributed by atoms with Gasteiger partial charge in [0.05, 0.1) is 6.10 Å². The van der Waals surface area contributed by atoms with Crippen molar-refractivity contribution in [2.24, 2.45) is 22.2 Å². The maximum atomic E-state index is 5.96. The Labute approximate surface area is 172 Å². The van der Waals surface area contributed by atoms with Gasteiger partial charge in [-0.05, 0) is 44.9 Å². The largest absolute Gasteiger partial charge is 0.377 e. The standard InChI is InChI=1S/C23H42N4O/c1-4-24-22(26-20-19-12-15-28-21(19)23(20,2)3)25-18-10-13-27(14-11-18)16-17-8-6-5-7-9-17/h17-21H,4-16H2,1-3H3,(H2,24,25,26). The van der Waals surface area contributed by atoms with Crippen LogP contribution in [0.1, 0.15) is 72.1 Å². The lowest BCUT2D eigenvalue weighted by atomic mass is 9.57.